The number of H-pyrrole nitrogens is 1. The number of para-hydroxylation sites is 1. The summed E-state index contributed by atoms with van der Waals surface area (Å²) in [5.41, 5.74) is 2.52. The van der Waals surface area contributed by atoms with Gasteiger partial charge in [-0.1, -0.05) is 53.8 Å². The normalized spacial score (nSPS) is 15.2. The van der Waals surface area contributed by atoms with Crippen LogP contribution >= 0.6 is 11.3 Å². The van der Waals surface area contributed by atoms with Gasteiger partial charge in [0.1, 0.15) is 6.04 Å². The molecule has 0 amide bonds. The topological polar surface area (TPSA) is 94.9 Å². The first-order chi connectivity index (χ1) is 18.1. The van der Waals surface area contributed by atoms with Crippen LogP contribution in [0.4, 0.5) is 0 Å². The summed E-state index contributed by atoms with van der Waals surface area (Å²) in [6.45, 7) is 1.91. The van der Waals surface area contributed by atoms with E-state index in [1.807, 2.05) is 48.5 Å². The van der Waals surface area contributed by atoms with Gasteiger partial charge < -0.3 is 19.2 Å². The first-order valence-electron chi connectivity index (χ1n) is 11.7. The summed E-state index contributed by atoms with van der Waals surface area (Å²) >= 11 is 1.26. The minimum absolute atomic E-state index is 0.170. The number of aromatic nitrogens is 2. The number of nitrogens with one attached hydrogen (secondary N) is 1. The summed E-state index contributed by atoms with van der Waals surface area (Å²) in [7, 11) is 3.07. The van der Waals surface area contributed by atoms with Crippen molar-refractivity contribution in [3.05, 3.63) is 109 Å². The second kappa shape index (κ2) is 10.3. The predicted molar refractivity (Wildman–Crippen MR) is 141 cm³/mol. The van der Waals surface area contributed by atoms with Crippen molar-refractivity contribution in [2.24, 2.45) is 4.99 Å². The highest BCUT2D eigenvalue weighted by molar-refractivity contribution is 7.07. The Hall–Kier alpha value is -4.37. The highest BCUT2D eigenvalue weighted by Crippen LogP contribution is 2.42. The average molecular weight is 516 g/mol. The number of carbonyl (C=O) groups is 1. The molecule has 1 N–H and O–H groups in total. The highest BCUT2D eigenvalue weighted by atomic mass is 32.1. The van der Waals surface area contributed by atoms with E-state index in [4.69, 9.17) is 19.2 Å². The van der Waals surface area contributed by atoms with Crippen molar-refractivity contribution < 1.29 is 19.0 Å². The van der Waals surface area contributed by atoms with Crippen LogP contribution in [0.5, 0.6) is 11.5 Å². The summed E-state index contributed by atoms with van der Waals surface area (Å²) in [4.78, 5) is 35.8. The smallest absolute Gasteiger partial charge is 0.338 e. The molecule has 1 unspecified atom stereocenters. The maximum absolute atomic E-state index is 13.9. The zero-order chi connectivity index (χ0) is 25.9. The Labute approximate surface area is 216 Å². The van der Waals surface area contributed by atoms with Crippen LogP contribution in [-0.2, 0) is 9.53 Å². The molecule has 188 valence electrons. The number of rotatable bonds is 7. The second-order valence-electron chi connectivity index (χ2n) is 8.14. The third-order valence-electron chi connectivity index (χ3n) is 6.01. The predicted octanol–water partition coefficient (Wildman–Crippen LogP) is 3.28. The first-order valence-corrected chi connectivity index (χ1v) is 12.5. The minimum Gasteiger partial charge on any atom is -0.493 e. The molecule has 2 aromatic heterocycles. The van der Waals surface area contributed by atoms with E-state index < -0.39 is 12.0 Å². The van der Waals surface area contributed by atoms with Crippen molar-refractivity contribution in [1.82, 2.24) is 9.55 Å². The third kappa shape index (κ3) is 4.38. The SMILES string of the molecule is CCOC(=O)C1=C(c2ccccc2)N=c2sc(=Cc3ccc[nH]3)c(=O)n2C1c1cccc(OC)c1OC. The van der Waals surface area contributed by atoms with Crippen LogP contribution in [0.15, 0.2) is 82.2 Å². The number of aromatic amines is 1. The third-order valence-corrected chi connectivity index (χ3v) is 6.99. The lowest BCUT2D eigenvalue weighted by Crippen LogP contribution is -2.40. The molecule has 1 atom stereocenters. The quantitative estimate of drug-likeness (QED) is 0.381. The van der Waals surface area contributed by atoms with E-state index in [9.17, 15) is 9.59 Å². The number of methoxy groups -OCH3 is 2. The summed E-state index contributed by atoms with van der Waals surface area (Å²) in [6.07, 6.45) is 3.57. The van der Waals surface area contributed by atoms with Crippen molar-refractivity contribution >= 4 is 29.1 Å². The van der Waals surface area contributed by atoms with E-state index in [1.165, 1.54) is 23.0 Å². The molecule has 3 heterocycles. The molecule has 0 bridgehead atoms. The molecule has 1 aliphatic rings. The lowest BCUT2D eigenvalue weighted by Gasteiger charge is -2.27. The molecule has 9 heteroatoms. The number of hydrogen-bond donors (Lipinski definition) is 1. The van der Waals surface area contributed by atoms with Crippen molar-refractivity contribution in [2.75, 3.05) is 20.8 Å². The molecule has 8 nitrogen and oxygen atoms in total. The summed E-state index contributed by atoms with van der Waals surface area (Å²) < 4.78 is 18.8. The lowest BCUT2D eigenvalue weighted by molar-refractivity contribution is -0.138. The van der Waals surface area contributed by atoms with Crippen molar-refractivity contribution in [3.8, 4) is 11.5 Å². The number of benzene rings is 2. The molecule has 4 aromatic rings. The van der Waals surface area contributed by atoms with E-state index >= 15 is 0 Å². The maximum Gasteiger partial charge on any atom is 0.338 e. The molecular formula is C28H25N3O5S. The number of carbonyl (C=O) groups excluding carboxylic acids is 1. The Kier molecular flexibility index (Phi) is 6.78. The fourth-order valence-corrected chi connectivity index (χ4v) is 5.43. The number of esters is 1. The standard InChI is InChI=1S/C28H25N3O5S/c1-4-36-27(33)22-23(17-10-6-5-7-11-17)30-28-31(26(32)21(37-28)16-18-12-9-15-29-18)24(22)19-13-8-14-20(34-2)25(19)35-3/h5-16,24,29H,4H2,1-3H3. The summed E-state index contributed by atoms with van der Waals surface area (Å²) in [5.74, 6) is 0.346. The zero-order valence-electron chi connectivity index (χ0n) is 20.6. The van der Waals surface area contributed by atoms with Gasteiger partial charge in [0.25, 0.3) is 5.56 Å². The van der Waals surface area contributed by atoms with Gasteiger partial charge in [0.2, 0.25) is 0 Å². The Bertz CT molecular complexity index is 1650. The van der Waals surface area contributed by atoms with Crippen molar-refractivity contribution in [2.45, 2.75) is 13.0 Å². The Balaban J connectivity index is 1.89. The van der Waals surface area contributed by atoms with Crippen LogP contribution in [0, 0.1) is 0 Å². The lowest BCUT2D eigenvalue weighted by atomic mass is 9.92. The fourth-order valence-electron chi connectivity index (χ4n) is 4.44. The van der Waals surface area contributed by atoms with Gasteiger partial charge in [-0.15, -0.1) is 0 Å². The number of hydrogen-bond acceptors (Lipinski definition) is 7. The van der Waals surface area contributed by atoms with E-state index in [1.54, 1.807) is 38.4 Å². The van der Waals surface area contributed by atoms with Gasteiger partial charge in [0, 0.05) is 23.0 Å². The largest absolute Gasteiger partial charge is 0.493 e. The maximum atomic E-state index is 13.9. The number of nitrogens with zero attached hydrogens (tertiary/aromatic N) is 2. The summed E-state index contributed by atoms with van der Waals surface area (Å²) in [6, 6.07) is 17.7. The van der Waals surface area contributed by atoms with Crippen molar-refractivity contribution in [1.29, 1.82) is 0 Å². The Morgan fingerprint density at radius 1 is 1.08 bits per heavy atom. The van der Waals surface area contributed by atoms with Gasteiger partial charge in [-0.25, -0.2) is 9.79 Å². The van der Waals surface area contributed by atoms with Crippen molar-refractivity contribution in [3.63, 3.8) is 0 Å². The van der Waals surface area contributed by atoms with E-state index in [0.29, 0.717) is 32.1 Å². The van der Waals surface area contributed by atoms with Crippen LogP contribution < -0.4 is 24.4 Å². The van der Waals surface area contributed by atoms with Gasteiger partial charge in [-0.2, -0.15) is 0 Å². The molecule has 0 fully saturated rings. The molecule has 0 saturated carbocycles. The molecule has 0 saturated heterocycles. The monoisotopic (exact) mass is 515 g/mol. The average Bonchev–Trinajstić information content (AvgIpc) is 3.55. The Morgan fingerprint density at radius 2 is 1.89 bits per heavy atom. The molecule has 37 heavy (non-hydrogen) atoms. The van der Waals surface area contributed by atoms with E-state index in [0.717, 1.165) is 11.3 Å². The molecular weight excluding hydrogens is 490 g/mol. The van der Waals surface area contributed by atoms with Gasteiger partial charge >= 0.3 is 5.97 Å². The van der Waals surface area contributed by atoms with E-state index in [2.05, 4.69) is 4.98 Å². The van der Waals surface area contributed by atoms with Gasteiger partial charge in [0.05, 0.1) is 36.6 Å². The zero-order valence-corrected chi connectivity index (χ0v) is 21.4. The fraction of sp³-hybridized carbons (Fsp3) is 0.179. The Morgan fingerprint density at radius 3 is 2.57 bits per heavy atom. The van der Waals surface area contributed by atoms with Gasteiger partial charge in [-0.3, -0.25) is 9.36 Å². The molecule has 0 spiro atoms. The molecule has 0 aliphatic carbocycles. The van der Waals surface area contributed by atoms with Crippen LogP contribution in [0.3, 0.4) is 0 Å². The molecule has 1 aliphatic heterocycles. The van der Waals surface area contributed by atoms with E-state index in [-0.39, 0.29) is 17.7 Å². The number of thiazole rings is 1. The second-order valence-corrected chi connectivity index (χ2v) is 9.15. The van der Waals surface area contributed by atoms with Gasteiger partial charge in [0.15, 0.2) is 16.3 Å². The molecule has 0 radical (unpaired) electrons. The first kappa shape index (κ1) is 24.3. The highest BCUT2D eigenvalue weighted by Gasteiger charge is 2.37. The number of fused-ring (bicyclic) bond motifs is 1. The molecule has 2 aromatic carbocycles. The minimum atomic E-state index is -0.860. The van der Waals surface area contributed by atoms with Crippen LogP contribution in [0.2, 0.25) is 0 Å². The van der Waals surface area contributed by atoms with Crippen LogP contribution in [0.25, 0.3) is 11.8 Å². The van der Waals surface area contributed by atoms with Gasteiger partial charge in [-0.05, 0) is 31.2 Å². The van der Waals surface area contributed by atoms with Crippen LogP contribution in [-0.4, -0.2) is 36.3 Å². The van der Waals surface area contributed by atoms with Crippen LogP contribution in [0.1, 0.15) is 29.8 Å². The summed E-state index contributed by atoms with van der Waals surface area (Å²) in [5, 5.41) is 0. The number of ether oxygens (including phenoxy) is 3. The molecule has 5 rings (SSSR count).